The van der Waals surface area contributed by atoms with Crippen molar-refractivity contribution in [2.45, 2.75) is 6.92 Å². The second-order valence-electron chi connectivity index (χ2n) is 4.13. The molecule has 0 saturated carbocycles. The molecule has 0 bridgehead atoms. The summed E-state index contributed by atoms with van der Waals surface area (Å²) >= 11 is 1.29. The molecule has 1 amide bonds. The van der Waals surface area contributed by atoms with Gasteiger partial charge in [0.15, 0.2) is 0 Å². The number of nitrogens with one attached hydrogen (secondary N) is 1. The zero-order valence-electron chi connectivity index (χ0n) is 11.6. The van der Waals surface area contributed by atoms with Crippen LogP contribution in [0.1, 0.15) is 17.3 Å². The number of benzene rings is 1. The summed E-state index contributed by atoms with van der Waals surface area (Å²) in [7, 11) is 0. The molecule has 2 aromatic rings. The SMILES string of the molecule is C=CC(=O)Nc1scc(-c2ccccc2)c1C(=O)OCC. The summed E-state index contributed by atoms with van der Waals surface area (Å²) in [6.45, 7) is 5.43. The molecule has 108 valence electrons. The highest BCUT2D eigenvalue weighted by atomic mass is 32.1. The number of ether oxygens (including phenoxy) is 1. The predicted octanol–water partition coefficient (Wildman–Crippen LogP) is 3.72. The quantitative estimate of drug-likeness (QED) is 0.676. The molecule has 21 heavy (non-hydrogen) atoms. The number of esters is 1. The zero-order valence-corrected chi connectivity index (χ0v) is 12.4. The molecule has 5 heteroatoms. The van der Waals surface area contributed by atoms with Crippen LogP contribution in [0.25, 0.3) is 11.1 Å². The van der Waals surface area contributed by atoms with Crippen LogP contribution in [-0.2, 0) is 9.53 Å². The number of anilines is 1. The smallest absolute Gasteiger partial charge is 0.341 e. The van der Waals surface area contributed by atoms with Gasteiger partial charge in [0.05, 0.1) is 6.61 Å². The Hall–Kier alpha value is -2.40. The lowest BCUT2D eigenvalue weighted by atomic mass is 10.0. The molecule has 2 rings (SSSR count). The van der Waals surface area contributed by atoms with Gasteiger partial charge in [-0.15, -0.1) is 11.3 Å². The average Bonchev–Trinajstić information content (AvgIpc) is 2.92. The third kappa shape index (κ3) is 3.38. The van der Waals surface area contributed by atoms with Crippen molar-refractivity contribution in [3.05, 3.63) is 53.9 Å². The Balaban J connectivity index is 2.48. The molecule has 1 aromatic heterocycles. The lowest BCUT2D eigenvalue weighted by molar-refractivity contribution is -0.111. The fourth-order valence-corrected chi connectivity index (χ4v) is 2.81. The lowest BCUT2D eigenvalue weighted by Gasteiger charge is -2.07. The molecule has 1 aromatic carbocycles. The van der Waals surface area contributed by atoms with Crippen LogP contribution in [0.3, 0.4) is 0 Å². The highest BCUT2D eigenvalue weighted by Gasteiger charge is 2.22. The highest BCUT2D eigenvalue weighted by molar-refractivity contribution is 7.15. The van der Waals surface area contributed by atoms with E-state index in [-0.39, 0.29) is 12.5 Å². The van der Waals surface area contributed by atoms with Gasteiger partial charge in [0.1, 0.15) is 10.6 Å². The minimum atomic E-state index is -0.447. The molecule has 1 heterocycles. The summed E-state index contributed by atoms with van der Waals surface area (Å²) in [6.07, 6.45) is 1.16. The molecule has 4 nitrogen and oxygen atoms in total. The fourth-order valence-electron chi connectivity index (χ4n) is 1.85. The summed E-state index contributed by atoms with van der Waals surface area (Å²) in [5.41, 5.74) is 2.03. The van der Waals surface area contributed by atoms with E-state index in [1.54, 1.807) is 6.92 Å². The Bertz CT molecular complexity index is 661. The van der Waals surface area contributed by atoms with E-state index in [4.69, 9.17) is 4.74 Å². The molecule has 0 aliphatic carbocycles. The summed E-state index contributed by atoms with van der Waals surface area (Å²) in [4.78, 5) is 23.7. The van der Waals surface area contributed by atoms with E-state index in [9.17, 15) is 9.59 Å². The fraction of sp³-hybridized carbons (Fsp3) is 0.125. The van der Waals surface area contributed by atoms with Crippen LogP contribution in [0.15, 0.2) is 48.4 Å². The molecule has 0 aliphatic rings. The Morgan fingerprint density at radius 3 is 2.67 bits per heavy atom. The Morgan fingerprint density at radius 1 is 1.33 bits per heavy atom. The minimum absolute atomic E-state index is 0.276. The third-order valence-electron chi connectivity index (χ3n) is 2.78. The maximum atomic E-state index is 12.2. The van der Waals surface area contributed by atoms with Gasteiger partial charge in [-0.2, -0.15) is 0 Å². The lowest BCUT2D eigenvalue weighted by Crippen LogP contribution is -2.12. The van der Waals surface area contributed by atoms with E-state index >= 15 is 0 Å². The molecule has 0 aliphatic heterocycles. The van der Waals surface area contributed by atoms with Crippen LogP contribution in [0.4, 0.5) is 5.00 Å². The van der Waals surface area contributed by atoms with Crippen LogP contribution in [0, 0.1) is 0 Å². The first-order valence-electron chi connectivity index (χ1n) is 6.44. The number of hydrogen-bond donors (Lipinski definition) is 1. The van der Waals surface area contributed by atoms with Gasteiger partial charge in [0, 0.05) is 10.9 Å². The van der Waals surface area contributed by atoms with Crippen LogP contribution >= 0.6 is 11.3 Å². The summed E-state index contributed by atoms with van der Waals surface area (Å²) < 4.78 is 5.09. The van der Waals surface area contributed by atoms with Crippen LogP contribution in [0.2, 0.25) is 0 Å². The minimum Gasteiger partial charge on any atom is -0.462 e. The first kappa shape index (κ1) is 15.0. The van der Waals surface area contributed by atoms with Gasteiger partial charge in [-0.25, -0.2) is 4.79 Å². The number of amides is 1. The monoisotopic (exact) mass is 301 g/mol. The molecule has 0 fully saturated rings. The van der Waals surface area contributed by atoms with E-state index in [1.165, 1.54) is 11.3 Å². The first-order chi connectivity index (χ1) is 10.2. The second kappa shape index (κ2) is 6.85. The number of carbonyl (C=O) groups excluding carboxylic acids is 2. The predicted molar refractivity (Wildman–Crippen MR) is 84.5 cm³/mol. The van der Waals surface area contributed by atoms with Gasteiger partial charge in [0.25, 0.3) is 0 Å². The van der Waals surface area contributed by atoms with Crippen molar-refractivity contribution in [1.29, 1.82) is 0 Å². The van der Waals surface area contributed by atoms with E-state index in [2.05, 4.69) is 11.9 Å². The van der Waals surface area contributed by atoms with E-state index in [0.717, 1.165) is 17.2 Å². The molecule has 1 N–H and O–H groups in total. The van der Waals surface area contributed by atoms with Crippen molar-refractivity contribution >= 4 is 28.2 Å². The van der Waals surface area contributed by atoms with E-state index in [1.807, 2.05) is 35.7 Å². The topological polar surface area (TPSA) is 55.4 Å². The van der Waals surface area contributed by atoms with Crippen LogP contribution in [-0.4, -0.2) is 18.5 Å². The first-order valence-corrected chi connectivity index (χ1v) is 7.32. The largest absolute Gasteiger partial charge is 0.462 e. The van der Waals surface area contributed by atoms with Gasteiger partial charge >= 0.3 is 5.97 Å². The van der Waals surface area contributed by atoms with Crippen LogP contribution < -0.4 is 5.32 Å². The van der Waals surface area contributed by atoms with Crippen molar-refractivity contribution in [3.8, 4) is 11.1 Å². The third-order valence-corrected chi connectivity index (χ3v) is 3.67. The number of hydrogen-bond acceptors (Lipinski definition) is 4. The molecule has 0 radical (unpaired) electrons. The van der Waals surface area contributed by atoms with Crippen molar-refractivity contribution in [2.75, 3.05) is 11.9 Å². The number of rotatable bonds is 5. The van der Waals surface area contributed by atoms with Crippen molar-refractivity contribution < 1.29 is 14.3 Å². The van der Waals surface area contributed by atoms with E-state index in [0.29, 0.717) is 10.6 Å². The van der Waals surface area contributed by atoms with Gasteiger partial charge < -0.3 is 10.1 Å². The highest BCUT2D eigenvalue weighted by Crippen LogP contribution is 2.36. The van der Waals surface area contributed by atoms with Crippen molar-refractivity contribution in [2.24, 2.45) is 0 Å². The van der Waals surface area contributed by atoms with Crippen molar-refractivity contribution in [1.82, 2.24) is 0 Å². The maximum absolute atomic E-state index is 12.2. The average molecular weight is 301 g/mol. The molecule has 0 spiro atoms. The maximum Gasteiger partial charge on any atom is 0.341 e. The van der Waals surface area contributed by atoms with Gasteiger partial charge in [-0.05, 0) is 18.6 Å². The number of carbonyl (C=O) groups is 2. The molecule has 0 saturated heterocycles. The Kier molecular flexibility index (Phi) is 4.90. The molecular formula is C16H15NO3S. The normalized spacial score (nSPS) is 9.95. The van der Waals surface area contributed by atoms with Gasteiger partial charge in [-0.3, -0.25) is 4.79 Å². The molecule has 0 unspecified atom stereocenters. The van der Waals surface area contributed by atoms with E-state index < -0.39 is 5.97 Å². The number of thiophene rings is 1. The second-order valence-corrected chi connectivity index (χ2v) is 5.01. The summed E-state index contributed by atoms with van der Waals surface area (Å²) in [5.74, 6) is -0.807. The van der Waals surface area contributed by atoms with Gasteiger partial charge in [-0.1, -0.05) is 36.9 Å². The molecule has 0 atom stereocenters. The summed E-state index contributed by atoms with van der Waals surface area (Å²) in [5, 5.41) is 4.95. The zero-order chi connectivity index (χ0) is 15.2. The standard InChI is InChI=1S/C16H15NO3S/c1-3-13(18)17-15-14(16(19)20-4-2)12(10-21-15)11-8-6-5-7-9-11/h3,5-10H,1,4H2,2H3,(H,17,18). The Morgan fingerprint density at radius 2 is 2.05 bits per heavy atom. The Labute approximate surface area is 127 Å². The van der Waals surface area contributed by atoms with Gasteiger partial charge in [0.2, 0.25) is 5.91 Å². The molecular weight excluding hydrogens is 286 g/mol. The summed E-state index contributed by atoms with van der Waals surface area (Å²) in [6, 6.07) is 9.50. The van der Waals surface area contributed by atoms with Crippen LogP contribution in [0.5, 0.6) is 0 Å². The van der Waals surface area contributed by atoms with Crippen molar-refractivity contribution in [3.63, 3.8) is 0 Å².